The maximum atomic E-state index is 6.21. The lowest BCUT2D eigenvalue weighted by Crippen LogP contribution is -2.25. The summed E-state index contributed by atoms with van der Waals surface area (Å²) < 4.78 is 5.38. The molecule has 0 N–H and O–H groups in total. The van der Waals surface area contributed by atoms with Crippen LogP contribution in [0, 0.1) is 0 Å². The van der Waals surface area contributed by atoms with Crippen molar-refractivity contribution in [3.8, 4) is 0 Å². The molecule has 82 valence electrons. The van der Waals surface area contributed by atoms with E-state index >= 15 is 0 Å². The molecule has 1 heterocycles. The summed E-state index contributed by atoms with van der Waals surface area (Å²) in [6, 6.07) is 8.46. The van der Waals surface area contributed by atoms with E-state index < -0.39 is 0 Å². The predicted molar refractivity (Wildman–Crippen MR) is 62.0 cm³/mol. The fourth-order valence-electron chi connectivity index (χ4n) is 2.09. The van der Waals surface area contributed by atoms with Gasteiger partial charge in [-0.25, -0.2) is 0 Å². The molecule has 1 aliphatic rings. The Morgan fingerprint density at radius 2 is 2.27 bits per heavy atom. The first kappa shape index (κ1) is 10.9. The number of rotatable bonds is 3. The highest BCUT2D eigenvalue weighted by Gasteiger charge is 2.23. The summed E-state index contributed by atoms with van der Waals surface area (Å²) in [4.78, 5) is 2.33. The summed E-state index contributed by atoms with van der Waals surface area (Å²) >= 11 is 6.21. The van der Waals surface area contributed by atoms with Crippen molar-refractivity contribution in [3.05, 3.63) is 34.9 Å². The molecule has 0 saturated carbocycles. The van der Waals surface area contributed by atoms with Gasteiger partial charge in [0.05, 0.1) is 13.3 Å². The van der Waals surface area contributed by atoms with Crippen LogP contribution in [-0.4, -0.2) is 24.8 Å². The Kier molecular flexibility index (Phi) is 3.62. The van der Waals surface area contributed by atoms with E-state index in [4.69, 9.17) is 16.3 Å². The monoisotopic (exact) mass is 225 g/mol. The van der Waals surface area contributed by atoms with Gasteiger partial charge in [0.25, 0.3) is 0 Å². The number of hydrogen-bond donors (Lipinski definition) is 0. The molecule has 0 bridgehead atoms. The van der Waals surface area contributed by atoms with Crippen LogP contribution >= 0.6 is 11.6 Å². The van der Waals surface area contributed by atoms with E-state index in [1.807, 2.05) is 18.2 Å². The van der Waals surface area contributed by atoms with Gasteiger partial charge in [-0.05, 0) is 18.1 Å². The van der Waals surface area contributed by atoms with Crippen molar-refractivity contribution in [1.82, 2.24) is 4.90 Å². The Bertz CT molecular complexity index is 323. The standard InChI is InChI=1S/C12H16ClNO/c1-2-12(14-7-8-15-9-14)10-5-3-4-6-11(10)13/h3-6,12H,2,7-9H2,1H3. The van der Waals surface area contributed by atoms with Crippen molar-refractivity contribution in [2.45, 2.75) is 19.4 Å². The van der Waals surface area contributed by atoms with Gasteiger partial charge in [0.2, 0.25) is 0 Å². The Labute approximate surface area is 95.8 Å². The van der Waals surface area contributed by atoms with Gasteiger partial charge in [0, 0.05) is 17.6 Å². The lowest BCUT2D eigenvalue weighted by Gasteiger charge is -2.26. The Morgan fingerprint density at radius 1 is 1.47 bits per heavy atom. The van der Waals surface area contributed by atoms with Crippen molar-refractivity contribution in [1.29, 1.82) is 0 Å². The molecule has 15 heavy (non-hydrogen) atoms. The summed E-state index contributed by atoms with van der Waals surface area (Å²) in [5.41, 5.74) is 1.21. The van der Waals surface area contributed by atoms with Crippen LogP contribution in [0.2, 0.25) is 5.02 Å². The van der Waals surface area contributed by atoms with Crippen molar-refractivity contribution in [2.75, 3.05) is 19.9 Å². The number of hydrogen-bond acceptors (Lipinski definition) is 2. The second-order valence-electron chi connectivity index (χ2n) is 3.80. The molecule has 1 aromatic rings. The Hall–Kier alpha value is -0.570. The minimum absolute atomic E-state index is 0.390. The van der Waals surface area contributed by atoms with E-state index in [1.54, 1.807) is 0 Å². The normalized spacial score (nSPS) is 19.3. The van der Waals surface area contributed by atoms with Gasteiger partial charge in [-0.2, -0.15) is 0 Å². The largest absolute Gasteiger partial charge is 0.365 e. The summed E-state index contributed by atoms with van der Waals surface area (Å²) in [7, 11) is 0. The van der Waals surface area contributed by atoms with Crippen LogP contribution < -0.4 is 0 Å². The lowest BCUT2D eigenvalue weighted by atomic mass is 10.0. The average molecular weight is 226 g/mol. The third-order valence-electron chi connectivity index (χ3n) is 2.87. The zero-order valence-electron chi connectivity index (χ0n) is 8.95. The SMILES string of the molecule is CCC(c1ccccc1Cl)N1CCOC1. The lowest BCUT2D eigenvalue weighted by molar-refractivity contribution is 0.112. The first-order chi connectivity index (χ1) is 7.33. The van der Waals surface area contributed by atoms with E-state index in [0.29, 0.717) is 6.04 Å². The molecule has 1 saturated heterocycles. The molecule has 0 amide bonds. The second kappa shape index (κ2) is 4.97. The molecular weight excluding hydrogens is 210 g/mol. The van der Waals surface area contributed by atoms with E-state index in [1.165, 1.54) is 5.56 Å². The van der Waals surface area contributed by atoms with E-state index in [0.717, 1.165) is 31.3 Å². The quantitative estimate of drug-likeness (QED) is 0.784. The van der Waals surface area contributed by atoms with E-state index in [2.05, 4.69) is 17.9 Å². The molecule has 0 radical (unpaired) electrons. The maximum Gasteiger partial charge on any atom is 0.0996 e. The first-order valence-corrected chi connectivity index (χ1v) is 5.77. The molecule has 1 aliphatic heterocycles. The molecule has 3 heteroatoms. The number of nitrogens with zero attached hydrogens (tertiary/aromatic N) is 1. The van der Waals surface area contributed by atoms with Gasteiger partial charge in [0.1, 0.15) is 0 Å². The van der Waals surface area contributed by atoms with Crippen molar-refractivity contribution in [2.24, 2.45) is 0 Å². The fourth-order valence-corrected chi connectivity index (χ4v) is 2.36. The van der Waals surface area contributed by atoms with Crippen molar-refractivity contribution >= 4 is 11.6 Å². The molecule has 2 rings (SSSR count). The highest BCUT2D eigenvalue weighted by atomic mass is 35.5. The predicted octanol–water partition coefficient (Wildman–Crippen LogP) is 3.08. The van der Waals surface area contributed by atoms with Crippen LogP contribution in [0.25, 0.3) is 0 Å². The van der Waals surface area contributed by atoms with Crippen LogP contribution in [-0.2, 0) is 4.74 Å². The van der Waals surface area contributed by atoms with Gasteiger partial charge in [-0.3, -0.25) is 4.90 Å². The molecule has 1 unspecified atom stereocenters. The zero-order chi connectivity index (χ0) is 10.7. The molecular formula is C12H16ClNO. The summed E-state index contributed by atoms with van der Waals surface area (Å²) in [5, 5.41) is 0.858. The smallest absolute Gasteiger partial charge is 0.0996 e. The molecule has 0 spiro atoms. The molecule has 1 aromatic carbocycles. The first-order valence-electron chi connectivity index (χ1n) is 5.39. The number of halogens is 1. The van der Waals surface area contributed by atoms with Crippen LogP contribution in [0.1, 0.15) is 24.9 Å². The van der Waals surface area contributed by atoms with E-state index in [-0.39, 0.29) is 0 Å². The molecule has 0 aliphatic carbocycles. The minimum Gasteiger partial charge on any atom is -0.365 e. The molecule has 1 fully saturated rings. The van der Waals surface area contributed by atoms with Gasteiger partial charge < -0.3 is 4.74 Å². The minimum atomic E-state index is 0.390. The fraction of sp³-hybridized carbons (Fsp3) is 0.500. The molecule has 0 aromatic heterocycles. The summed E-state index contributed by atoms with van der Waals surface area (Å²) in [6.45, 7) is 4.75. The van der Waals surface area contributed by atoms with Gasteiger partial charge >= 0.3 is 0 Å². The maximum absolute atomic E-state index is 6.21. The molecule has 1 atom stereocenters. The van der Waals surface area contributed by atoms with Crippen LogP contribution in [0.5, 0.6) is 0 Å². The number of ether oxygens (including phenoxy) is 1. The third-order valence-corrected chi connectivity index (χ3v) is 3.22. The highest BCUT2D eigenvalue weighted by molar-refractivity contribution is 6.31. The van der Waals surface area contributed by atoms with E-state index in [9.17, 15) is 0 Å². The van der Waals surface area contributed by atoms with Gasteiger partial charge in [-0.1, -0.05) is 36.7 Å². The van der Waals surface area contributed by atoms with Crippen molar-refractivity contribution < 1.29 is 4.74 Å². The number of benzene rings is 1. The van der Waals surface area contributed by atoms with Crippen LogP contribution in [0.3, 0.4) is 0 Å². The van der Waals surface area contributed by atoms with Crippen LogP contribution in [0.15, 0.2) is 24.3 Å². The Balaban J connectivity index is 2.22. The topological polar surface area (TPSA) is 12.5 Å². The van der Waals surface area contributed by atoms with Crippen molar-refractivity contribution in [3.63, 3.8) is 0 Å². The highest BCUT2D eigenvalue weighted by Crippen LogP contribution is 2.30. The Morgan fingerprint density at radius 3 is 2.87 bits per heavy atom. The zero-order valence-corrected chi connectivity index (χ0v) is 9.70. The second-order valence-corrected chi connectivity index (χ2v) is 4.20. The van der Waals surface area contributed by atoms with Gasteiger partial charge in [0.15, 0.2) is 0 Å². The summed E-state index contributed by atoms with van der Waals surface area (Å²) in [6.07, 6.45) is 1.06. The molecule has 2 nitrogen and oxygen atoms in total. The van der Waals surface area contributed by atoms with Crippen LogP contribution in [0.4, 0.5) is 0 Å². The summed E-state index contributed by atoms with van der Waals surface area (Å²) in [5.74, 6) is 0. The van der Waals surface area contributed by atoms with Gasteiger partial charge in [-0.15, -0.1) is 0 Å². The third kappa shape index (κ3) is 2.33. The average Bonchev–Trinajstić information content (AvgIpc) is 2.75.